The lowest BCUT2D eigenvalue weighted by atomic mass is 10.0. The van der Waals surface area contributed by atoms with Gasteiger partial charge < -0.3 is 20.3 Å². The summed E-state index contributed by atoms with van der Waals surface area (Å²) in [5.74, 6) is -0.539. The normalized spacial score (nSPS) is 13.9. The molecule has 3 atom stereocenters. The van der Waals surface area contributed by atoms with Gasteiger partial charge in [-0.05, 0) is 70.6 Å². The molecule has 368 valence electrons. The SMILES string of the molecule is CC/C=C/C=C/C=C\CCCCCCCC(=O)OC(CCCCC/C=C/C=C/C=C/C=C/CCCCC)CC(=O)NC(CO)C(O)CCCCCCCCCCCCCCCCCC. The average molecular weight is 892 g/mol. The number of esters is 1. The van der Waals surface area contributed by atoms with E-state index in [0.717, 1.165) is 96.3 Å². The van der Waals surface area contributed by atoms with Crippen LogP contribution in [0.25, 0.3) is 0 Å². The van der Waals surface area contributed by atoms with Crippen LogP contribution in [0.15, 0.2) is 85.1 Å². The summed E-state index contributed by atoms with van der Waals surface area (Å²) in [6, 6.07) is -0.724. The molecule has 0 spiro atoms. The van der Waals surface area contributed by atoms with E-state index in [0.29, 0.717) is 19.3 Å². The fraction of sp³-hybridized carbons (Fsp3) is 0.724. The molecule has 6 nitrogen and oxygen atoms in total. The Bertz CT molecular complexity index is 1230. The van der Waals surface area contributed by atoms with Crippen molar-refractivity contribution in [3.8, 4) is 0 Å². The predicted octanol–water partition coefficient (Wildman–Crippen LogP) is 16.3. The van der Waals surface area contributed by atoms with Crippen molar-refractivity contribution in [1.82, 2.24) is 5.32 Å². The van der Waals surface area contributed by atoms with Gasteiger partial charge in [-0.25, -0.2) is 0 Å². The second-order valence-corrected chi connectivity index (χ2v) is 18.0. The maximum Gasteiger partial charge on any atom is 0.306 e. The highest BCUT2D eigenvalue weighted by molar-refractivity contribution is 5.77. The molecule has 0 aromatic heterocycles. The largest absolute Gasteiger partial charge is 0.462 e. The summed E-state index contributed by atoms with van der Waals surface area (Å²) in [6.07, 6.45) is 66.4. The Morgan fingerprint density at radius 1 is 0.469 bits per heavy atom. The molecule has 3 N–H and O–H groups in total. The molecule has 0 bridgehead atoms. The molecule has 64 heavy (non-hydrogen) atoms. The van der Waals surface area contributed by atoms with Crippen LogP contribution in [0.5, 0.6) is 0 Å². The molecule has 0 aromatic rings. The van der Waals surface area contributed by atoms with Crippen molar-refractivity contribution in [3.63, 3.8) is 0 Å². The molecule has 0 heterocycles. The van der Waals surface area contributed by atoms with Crippen LogP contribution in [0.3, 0.4) is 0 Å². The number of rotatable bonds is 47. The molecule has 0 fully saturated rings. The average Bonchev–Trinajstić information content (AvgIpc) is 3.29. The second-order valence-electron chi connectivity index (χ2n) is 18.0. The van der Waals surface area contributed by atoms with Crippen LogP contribution in [0, 0.1) is 0 Å². The van der Waals surface area contributed by atoms with Gasteiger partial charge in [0.25, 0.3) is 0 Å². The van der Waals surface area contributed by atoms with Crippen molar-refractivity contribution in [1.29, 1.82) is 0 Å². The smallest absolute Gasteiger partial charge is 0.306 e. The number of aliphatic hydroxyl groups is 2. The first kappa shape index (κ1) is 61.0. The van der Waals surface area contributed by atoms with E-state index in [9.17, 15) is 19.8 Å². The van der Waals surface area contributed by atoms with Crippen LogP contribution in [0.1, 0.15) is 245 Å². The summed E-state index contributed by atoms with van der Waals surface area (Å²) in [4.78, 5) is 26.2. The molecular weight excluding hydrogens is 791 g/mol. The number of hydrogen-bond donors (Lipinski definition) is 3. The molecule has 6 heteroatoms. The topological polar surface area (TPSA) is 95.9 Å². The lowest BCUT2D eigenvalue weighted by Gasteiger charge is -2.24. The fourth-order valence-electron chi connectivity index (χ4n) is 7.80. The van der Waals surface area contributed by atoms with E-state index in [4.69, 9.17) is 4.74 Å². The summed E-state index contributed by atoms with van der Waals surface area (Å²) in [5.41, 5.74) is 0. The van der Waals surface area contributed by atoms with Crippen LogP contribution in [-0.2, 0) is 14.3 Å². The minimum atomic E-state index is -0.807. The highest BCUT2D eigenvalue weighted by Crippen LogP contribution is 2.17. The number of aliphatic hydroxyl groups excluding tert-OH is 2. The Labute approximate surface area is 395 Å². The minimum absolute atomic E-state index is 0.0394. The number of amides is 1. The standard InChI is InChI=1S/C58H101NO5/c1-4-7-10-13-16-19-22-25-27-29-32-34-37-40-43-46-49-54(64-58(63)51-48-45-42-39-36-31-24-21-18-15-12-9-6-3)52-57(62)59-55(53-60)56(61)50-47-44-41-38-35-33-30-28-26-23-20-17-14-11-8-5-2/h9,12,15-16,18-19,21-22,24-25,27,29,32,34,54-56,60-61H,4-8,10-11,13-14,17,20,23,26,28,30-31,33,35-53H2,1-3H3,(H,59,62)/b12-9+,18-15+,19-16+,24-21-,25-22+,29-27+,34-32+. The fourth-order valence-corrected chi connectivity index (χ4v) is 7.80. The molecule has 0 aliphatic rings. The summed E-state index contributed by atoms with van der Waals surface area (Å²) < 4.78 is 5.91. The molecule has 0 radical (unpaired) electrons. The van der Waals surface area contributed by atoms with Crippen molar-refractivity contribution >= 4 is 11.9 Å². The Balaban J connectivity index is 4.67. The lowest BCUT2D eigenvalue weighted by molar-refractivity contribution is -0.151. The maximum absolute atomic E-state index is 13.2. The van der Waals surface area contributed by atoms with E-state index in [1.807, 2.05) is 6.08 Å². The predicted molar refractivity (Wildman–Crippen MR) is 278 cm³/mol. The van der Waals surface area contributed by atoms with Gasteiger partial charge in [-0.1, -0.05) is 247 Å². The van der Waals surface area contributed by atoms with Gasteiger partial charge in [-0.2, -0.15) is 0 Å². The summed E-state index contributed by atoms with van der Waals surface area (Å²) in [5, 5.41) is 23.8. The first-order valence-corrected chi connectivity index (χ1v) is 26.9. The van der Waals surface area contributed by atoms with Gasteiger partial charge in [0.1, 0.15) is 6.10 Å². The maximum atomic E-state index is 13.2. The highest BCUT2D eigenvalue weighted by Gasteiger charge is 2.24. The number of allylic oxidation sites excluding steroid dienone is 14. The van der Waals surface area contributed by atoms with Gasteiger partial charge in [0.2, 0.25) is 5.91 Å². The minimum Gasteiger partial charge on any atom is -0.462 e. The zero-order valence-electron chi connectivity index (χ0n) is 41.9. The number of unbranched alkanes of at least 4 members (excludes halogenated alkanes) is 26. The number of carbonyl (C=O) groups excluding carboxylic acids is 2. The first-order chi connectivity index (χ1) is 31.5. The zero-order valence-corrected chi connectivity index (χ0v) is 41.9. The lowest BCUT2D eigenvalue weighted by Crippen LogP contribution is -2.46. The van der Waals surface area contributed by atoms with Crippen LogP contribution in [0.2, 0.25) is 0 Å². The van der Waals surface area contributed by atoms with Crippen LogP contribution in [-0.4, -0.2) is 46.9 Å². The van der Waals surface area contributed by atoms with Gasteiger partial charge in [-0.3, -0.25) is 9.59 Å². The van der Waals surface area contributed by atoms with Gasteiger partial charge in [0.05, 0.1) is 25.2 Å². The molecule has 0 saturated heterocycles. The second kappa shape index (κ2) is 51.0. The molecule has 0 aromatic carbocycles. The van der Waals surface area contributed by atoms with Crippen molar-refractivity contribution in [2.75, 3.05) is 6.61 Å². The third-order valence-corrected chi connectivity index (χ3v) is 11.9. The van der Waals surface area contributed by atoms with Crippen molar-refractivity contribution in [2.45, 2.75) is 264 Å². The van der Waals surface area contributed by atoms with E-state index in [1.165, 1.54) is 103 Å². The Kier molecular flexibility index (Phi) is 48.7. The van der Waals surface area contributed by atoms with E-state index in [1.54, 1.807) is 0 Å². The van der Waals surface area contributed by atoms with E-state index in [-0.39, 0.29) is 24.9 Å². The van der Waals surface area contributed by atoms with Crippen molar-refractivity contribution in [3.05, 3.63) is 85.1 Å². The van der Waals surface area contributed by atoms with Gasteiger partial charge in [0, 0.05) is 6.42 Å². The summed E-state index contributed by atoms with van der Waals surface area (Å²) >= 11 is 0. The molecule has 0 saturated carbocycles. The first-order valence-electron chi connectivity index (χ1n) is 26.9. The number of hydrogen-bond acceptors (Lipinski definition) is 5. The van der Waals surface area contributed by atoms with Gasteiger partial charge in [-0.15, -0.1) is 0 Å². The zero-order chi connectivity index (χ0) is 46.7. The third kappa shape index (κ3) is 45.6. The summed E-state index contributed by atoms with van der Waals surface area (Å²) in [6.45, 7) is 6.30. The van der Waals surface area contributed by atoms with E-state index < -0.39 is 18.2 Å². The molecule has 1 amide bonds. The monoisotopic (exact) mass is 892 g/mol. The van der Waals surface area contributed by atoms with Crippen LogP contribution in [0.4, 0.5) is 0 Å². The van der Waals surface area contributed by atoms with Gasteiger partial charge >= 0.3 is 5.97 Å². The van der Waals surface area contributed by atoms with Crippen molar-refractivity contribution < 1.29 is 24.5 Å². The van der Waals surface area contributed by atoms with E-state index in [2.05, 4.69) is 105 Å². The van der Waals surface area contributed by atoms with Crippen LogP contribution >= 0.6 is 0 Å². The Hall–Kier alpha value is -2.96. The molecular formula is C58H101NO5. The molecule has 0 aliphatic carbocycles. The molecule has 3 unspecified atom stereocenters. The Morgan fingerprint density at radius 2 is 0.844 bits per heavy atom. The van der Waals surface area contributed by atoms with E-state index >= 15 is 0 Å². The third-order valence-electron chi connectivity index (χ3n) is 11.9. The number of nitrogens with one attached hydrogen (secondary N) is 1. The van der Waals surface area contributed by atoms with Crippen LogP contribution < -0.4 is 5.32 Å². The Morgan fingerprint density at radius 3 is 1.33 bits per heavy atom. The number of ether oxygens (including phenoxy) is 1. The number of carbonyl (C=O) groups is 2. The molecule has 0 aliphatic heterocycles. The van der Waals surface area contributed by atoms with Crippen molar-refractivity contribution in [2.24, 2.45) is 0 Å². The van der Waals surface area contributed by atoms with Gasteiger partial charge in [0.15, 0.2) is 0 Å². The quantitative estimate of drug-likeness (QED) is 0.0321. The molecule has 0 rings (SSSR count). The summed E-state index contributed by atoms with van der Waals surface area (Å²) in [7, 11) is 0. The highest BCUT2D eigenvalue weighted by atomic mass is 16.5.